The van der Waals surface area contributed by atoms with Gasteiger partial charge in [-0.1, -0.05) is 36.4 Å². The number of nitrogens with zero attached hydrogens (tertiary/aromatic N) is 2. The lowest BCUT2D eigenvalue weighted by Gasteiger charge is -2.27. The van der Waals surface area contributed by atoms with Crippen molar-refractivity contribution in [2.45, 2.75) is 12.1 Å². The van der Waals surface area contributed by atoms with Gasteiger partial charge in [-0.25, -0.2) is 4.99 Å². The number of amides is 2. The highest BCUT2D eigenvalue weighted by atomic mass is 16.5. The average Bonchev–Trinajstić information content (AvgIpc) is 3.05. The van der Waals surface area contributed by atoms with Crippen LogP contribution in [0.3, 0.4) is 0 Å². The molecule has 0 bridgehead atoms. The van der Waals surface area contributed by atoms with E-state index >= 15 is 0 Å². The number of hydrogen-bond acceptors (Lipinski definition) is 5. The highest BCUT2D eigenvalue weighted by Crippen LogP contribution is 2.36. The summed E-state index contributed by atoms with van der Waals surface area (Å²) in [7, 11) is 3.08. The van der Waals surface area contributed by atoms with Crippen molar-refractivity contribution in [3.63, 3.8) is 0 Å². The maximum absolute atomic E-state index is 13.4. The molecule has 2 aliphatic rings. The zero-order chi connectivity index (χ0) is 21.1. The Labute approximate surface area is 174 Å². The number of methoxy groups -OCH3 is 2. The molecule has 2 heterocycles. The fourth-order valence-electron chi connectivity index (χ4n) is 3.60. The van der Waals surface area contributed by atoms with E-state index in [0.717, 1.165) is 0 Å². The van der Waals surface area contributed by atoms with Crippen LogP contribution in [-0.4, -0.2) is 42.4 Å². The van der Waals surface area contributed by atoms with Gasteiger partial charge in [-0.05, 0) is 30.4 Å². The first-order chi connectivity index (χ1) is 14.6. The minimum Gasteiger partial charge on any atom is -0.493 e. The number of amidine groups is 1. The summed E-state index contributed by atoms with van der Waals surface area (Å²) < 4.78 is 10.9. The second-order valence-corrected chi connectivity index (χ2v) is 6.86. The van der Waals surface area contributed by atoms with Gasteiger partial charge in [0.25, 0.3) is 11.8 Å². The highest BCUT2D eigenvalue weighted by Gasteiger charge is 2.49. The maximum Gasteiger partial charge on any atom is 0.281 e. The van der Waals surface area contributed by atoms with Gasteiger partial charge in [0.1, 0.15) is 5.84 Å². The van der Waals surface area contributed by atoms with Crippen molar-refractivity contribution in [3.8, 4) is 11.5 Å². The van der Waals surface area contributed by atoms with Gasteiger partial charge in [0.15, 0.2) is 11.5 Å². The van der Waals surface area contributed by atoms with Gasteiger partial charge < -0.3 is 14.8 Å². The first kappa shape index (κ1) is 19.4. The van der Waals surface area contributed by atoms with Gasteiger partial charge in [-0.2, -0.15) is 0 Å². The van der Waals surface area contributed by atoms with E-state index in [4.69, 9.17) is 9.47 Å². The van der Waals surface area contributed by atoms with Crippen molar-refractivity contribution < 1.29 is 19.1 Å². The Morgan fingerprint density at radius 1 is 1.07 bits per heavy atom. The molecule has 7 heteroatoms. The smallest absolute Gasteiger partial charge is 0.281 e. The minimum atomic E-state index is -1.51. The molecule has 0 saturated heterocycles. The Morgan fingerprint density at radius 3 is 2.57 bits per heavy atom. The van der Waals surface area contributed by atoms with E-state index in [0.29, 0.717) is 28.5 Å². The summed E-state index contributed by atoms with van der Waals surface area (Å²) in [5.74, 6) is 0.778. The zero-order valence-electron chi connectivity index (χ0n) is 16.7. The van der Waals surface area contributed by atoms with Gasteiger partial charge in [-0.15, -0.1) is 0 Å². The van der Waals surface area contributed by atoms with E-state index in [1.165, 1.54) is 12.0 Å². The third-order valence-corrected chi connectivity index (χ3v) is 5.00. The number of para-hydroxylation sites is 1. The molecule has 0 aromatic heterocycles. The van der Waals surface area contributed by atoms with Crippen LogP contribution in [-0.2, 0) is 11.2 Å². The number of carbonyl (C=O) groups is 2. The van der Waals surface area contributed by atoms with Crippen LogP contribution in [0.5, 0.6) is 11.5 Å². The molecule has 4 rings (SSSR count). The molecule has 0 radical (unpaired) electrons. The molecule has 0 spiro atoms. The normalized spacial score (nSPS) is 19.3. The molecule has 2 aromatic carbocycles. The molecule has 2 amide bonds. The van der Waals surface area contributed by atoms with Gasteiger partial charge in [0.2, 0.25) is 5.66 Å². The lowest BCUT2D eigenvalue weighted by molar-refractivity contribution is -0.130. The van der Waals surface area contributed by atoms with Crippen LogP contribution < -0.4 is 14.8 Å². The Morgan fingerprint density at radius 2 is 1.87 bits per heavy atom. The van der Waals surface area contributed by atoms with Crippen molar-refractivity contribution in [2.24, 2.45) is 4.99 Å². The summed E-state index contributed by atoms with van der Waals surface area (Å²) in [6, 6.07) is 14.1. The molecule has 1 N–H and O–H groups in total. The summed E-state index contributed by atoms with van der Waals surface area (Å²) in [4.78, 5) is 32.5. The number of nitrogens with one attached hydrogen (secondary N) is 1. The Kier molecular flexibility index (Phi) is 5.10. The second kappa shape index (κ2) is 7.87. The van der Waals surface area contributed by atoms with E-state index in [1.807, 2.05) is 18.2 Å². The predicted octanol–water partition coefficient (Wildman–Crippen LogP) is 2.70. The van der Waals surface area contributed by atoms with E-state index in [9.17, 15) is 9.59 Å². The number of ether oxygens (including phenoxy) is 2. The van der Waals surface area contributed by atoms with Crippen molar-refractivity contribution in [2.75, 3.05) is 14.2 Å². The van der Waals surface area contributed by atoms with Crippen molar-refractivity contribution in [1.82, 2.24) is 10.2 Å². The summed E-state index contributed by atoms with van der Waals surface area (Å²) in [6.07, 6.45) is 7.02. The third-order valence-electron chi connectivity index (χ3n) is 5.00. The summed E-state index contributed by atoms with van der Waals surface area (Å²) in [6.45, 7) is 0. The molecule has 0 unspecified atom stereocenters. The molecule has 7 nitrogen and oxygen atoms in total. The maximum atomic E-state index is 13.4. The number of carbonyl (C=O) groups excluding carboxylic acids is 2. The first-order valence-electron chi connectivity index (χ1n) is 9.44. The Bertz CT molecular complexity index is 1080. The third kappa shape index (κ3) is 3.34. The quantitative estimate of drug-likeness (QED) is 0.804. The lowest BCUT2D eigenvalue weighted by atomic mass is 9.97. The summed E-state index contributed by atoms with van der Waals surface area (Å²) in [5, 5.41) is 2.87. The molecule has 30 heavy (non-hydrogen) atoms. The molecular formula is C23H21N3O4. The van der Waals surface area contributed by atoms with Gasteiger partial charge in [0.05, 0.1) is 14.2 Å². The van der Waals surface area contributed by atoms with Crippen LogP contribution in [0.25, 0.3) is 0 Å². The number of hydrogen-bond donors (Lipinski definition) is 1. The molecule has 1 atom stereocenters. The second-order valence-electron chi connectivity index (χ2n) is 6.86. The Balaban J connectivity index is 1.77. The molecule has 0 saturated carbocycles. The average molecular weight is 403 g/mol. The zero-order valence-corrected chi connectivity index (χ0v) is 16.7. The molecule has 152 valence electrons. The number of rotatable bonds is 6. The molecule has 0 aliphatic carbocycles. The van der Waals surface area contributed by atoms with Crippen molar-refractivity contribution in [1.29, 1.82) is 0 Å². The lowest BCUT2D eigenvalue weighted by Crippen LogP contribution is -2.55. The standard InChI is InChI=1S/C23H21N3O4/c1-29-18-12-8-11-17(20(18)30-2)15-23(25-21(27)16-9-4-3-5-10-16)22(28)26-14-7-6-13-19(26)24-23/h3-14H,15H2,1-2H3,(H,25,27)/t23-/m0/s1. The van der Waals surface area contributed by atoms with Crippen LogP contribution in [0, 0.1) is 0 Å². The fourth-order valence-corrected chi connectivity index (χ4v) is 3.60. The number of aliphatic imine (C=N–C) groups is 1. The van der Waals surface area contributed by atoms with E-state index in [-0.39, 0.29) is 18.2 Å². The number of fused-ring (bicyclic) bond motifs is 1. The summed E-state index contributed by atoms with van der Waals surface area (Å²) >= 11 is 0. The molecule has 2 aliphatic heterocycles. The van der Waals surface area contributed by atoms with Gasteiger partial charge in [-0.3, -0.25) is 14.5 Å². The van der Waals surface area contributed by atoms with E-state index < -0.39 is 5.66 Å². The number of benzene rings is 2. The van der Waals surface area contributed by atoms with Gasteiger partial charge in [0, 0.05) is 23.7 Å². The summed E-state index contributed by atoms with van der Waals surface area (Å²) in [5.41, 5.74) is -0.379. The van der Waals surface area contributed by atoms with Crippen LogP contribution in [0.1, 0.15) is 15.9 Å². The predicted molar refractivity (Wildman–Crippen MR) is 112 cm³/mol. The minimum absolute atomic E-state index is 0.104. The monoisotopic (exact) mass is 403 g/mol. The largest absolute Gasteiger partial charge is 0.493 e. The topological polar surface area (TPSA) is 80.2 Å². The number of allylic oxidation sites excluding steroid dienone is 2. The van der Waals surface area contributed by atoms with Crippen molar-refractivity contribution in [3.05, 3.63) is 84.1 Å². The molecule has 0 fully saturated rings. The molecular weight excluding hydrogens is 382 g/mol. The SMILES string of the molecule is COc1cccc(C[C@@]2(NC(=O)c3ccccc3)N=C3C=CC=CN3C2=O)c1OC. The van der Waals surface area contributed by atoms with Crippen LogP contribution in [0.4, 0.5) is 0 Å². The first-order valence-corrected chi connectivity index (χ1v) is 9.44. The van der Waals surface area contributed by atoms with E-state index in [2.05, 4.69) is 10.3 Å². The fraction of sp³-hybridized carbons (Fsp3) is 0.174. The van der Waals surface area contributed by atoms with Crippen LogP contribution in [0.2, 0.25) is 0 Å². The molecule has 2 aromatic rings. The Hall–Kier alpha value is -3.87. The highest BCUT2D eigenvalue weighted by molar-refractivity contribution is 6.15. The van der Waals surface area contributed by atoms with Crippen LogP contribution >= 0.6 is 0 Å². The van der Waals surface area contributed by atoms with Crippen LogP contribution in [0.15, 0.2) is 78.0 Å². The van der Waals surface area contributed by atoms with E-state index in [1.54, 1.807) is 61.9 Å². The van der Waals surface area contributed by atoms with Crippen molar-refractivity contribution >= 4 is 17.6 Å². The van der Waals surface area contributed by atoms with Gasteiger partial charge >= 0.3 is 0 Å².